The number of carbonyl (C=O) groups excluding carboxylic acids is 5. The van der Waals surface area contributed by atoms with E-state index in [0.717, 1.165) is 16.0 Å². The number of aliphatic hydroxyl groups excluding tert-OH is 3. The van der Waals surface area contributed by atoms with Crippen molar-refractivity contribution in [2.75, 3.05) is 27.4 Å². The van der Waals surface area contributed by atoms with Crippen molar-refractivity contribution in [3.63, 3.8) is 0 Å². The molecule has 1 saturated carbocycles. The number of esters is 1. The number of aliphatic hydroxyl groups is 4. The summed E-state index contributed by atoms with van der Waals surface area (Å²) in [4.78, 5) is 70.6. The quantitative estimate of drug-likeness (QED) is 0.0978. The summed E-state index contributed by atoms with van der Waals surface area (Å²) >= 11 is 0. The summed E-state index contributed by atoms with van der Waals surface area (Å²) < 4.78 is 24.4. The summed E-state index contributed by atoms with van der Waals surface area (Å²) in [7, 11) is 3.03. The van der Waals surface area contributed by atoms with Crippen molar-refractivity contribution in [2.24, 2.45) is 35.5 Å². The van der Waals surface area contributed by atoms with E-state index >= 15 is 0 Å². The largest absolute Gasteiger partial charge is 0.456 e. The molecule has 366 valence electrons. The molecule has 3 fully saturated rings. The van der Waals surface area contributed by atoms with E-state index in [2.05, 4.69) is 0 Å². The first-order valence-electron chi connectivity index (χ1n) is 24.0. The van der Waals surface area contributed by atoms with Crippen molar-refractivity contribution in [1.82, 2.24) is 4.90 Å². The third-order valence-corrected chi connectivity index (χ3v) is 14.6. The first-order chi connectivity index (χ1) is 31.3. The first-order valence-corrected chi connectivity index (χ1v) is 24.0. The van der Waals surface area contributed by atoms with E-state index in [1.54, 1.807) is 32.9 Å². The van der Waals surface area contributed by atoms with Crippen LogP contribution in [0.15, 0.2) is 53.6 Å². The molecule has 0 spiro atoms. The predicted molar refractivity (Wildman–Crippen MR) is 248 cm³/mol. The molecule has 3 heterocycles. The van der Waals surface area contributed by atoms with Crippen LogP contribution in [0.3, 0.4) is 0 Å². The summed E-state index contributed by atoms with van der Waals surface area (Å²) in [6.45, 7) is 10.5. The zero-order valence-corrected chi connectivity index (χ0v) is 40.2. The normalized spacial score (nSPS) is 37.1. The molecule has 1 unspecified atom stereocenters. The van der Waals surface area contributed by atoms with E-state index in [4.69, 9.17) is 18.9 Å². The highest BCUT2D eigenvalue weighted by atomic mass is 16.7. The molecule has 0 aromatic heterocycles. The van der Waals surface area contributed by atoms with E-state index in [0.29, 0.717) is 62.5 Å². The van der Waals surface area contributed by atoms with Gasteiger partial charge in [-0.1, -0.05) is 74.9 Å². The Morgan fingerprint density at radius 3 is 2.24 bits per heavy atom. The highest BCUT2D eigenvalue weighted by molar-refractivity contribution is 6.39. The van der Waals surface area contributed by atoms with Crippen molar-refractivity contribution in [3.8, 4) is 0 Å². The molecule has 66 heavy (non-hydrogen) atoms. The average Bonchev–Trinajstić information content (AvgIpc) is 3.29. The lowest BCUT2D eigenvalue weighted by Gasteiger charge is -2.47. The van der Waals surface area contributed by atoms with Gasteiger partial charge >= 0.3 is 5.97 Å². The van der Waals surface area contributed by atoms with E-state index < -0.39 is 83.9 Å². The van der Waals surface area contributed by atoms with Gasteiger partial charge in [0.15, 0.2) is 5.78 Å². The number of fused-ring (bicyclic) bond motifs is 3. The van der Waals surface area contributed by atoms with Crippen LogP contribution in [0.4, 0.5) is 0 Å². The van der Waals surface area contributed by atoms with Gasteiger partial charge in [-0.25, -0.2) is 4.79 Å². The summed E-state index contributed by atoms with van der Waals surface area (Å²) in [6.07, 6.45) is 6.59. The molecule has 4 N–H and O–H groups in total. The van der Waals surface area contributed by atoms with Gasteiger partial charge in [0.25, 0.3) is 11.7 Å². The number of nitrogens with zero attached hydrogens (tertiary/aromatic N) is 1. The van der Waals surface area contributed by atoms with Crippen molar-refractivity contribution < 1.29 is 63.3 Å². The SMILES string of the molecule is CO[C@H]1C[C@@H](C)C/C(C)=C/[C@@H](C/C=C/c2ccc(C(C)=O)cc2)C(=O)C[C@H](O)[C@@H](C)[C@@H](/C(C)=C/[C@@H]2CC[C@@H](O)[C@H](CO)C2)OC(=O)C2CCCCN2C(=O)C(=O)[C@]2(O)O[C@H]1[C@@H](OC)C[C@H]2C. The smallest absolute Gasteiger partial charge is 0.329 e. The van der Waals surface area contributed by atoms with Crippen LogP contribution in [-0.4, -0.2) is 130 Å². The minimum absolute atomic E-state index is 0.0387. The number of hydrogen-bond donors (Lipinski definition) is 4. The number of ether oxygens (including phenoxy) is 4. The third kappa shape index (κ3) is 13.0. The minimum Gasteiger partial charge on any atom is -0.456 e. The maximum Gasteiger partial charge on any atom is 0.329 e. The number of rotatable bonds is 9. The van der Waals surface area contributed by atoms with Gasteiger partial charge in [-0.15, -0.1) is 0 Å². The van der Waals surface area contributed by atoms with Crippen molar-refractivity contribution in [2.45, 2.75) is 161 Å². The first kappa shape index (κ1) is 53.1. The summed E-state index contributed by atoms with van der Waals surface area (Å²) in [5.74, 6) is -8.60. The van der Waals surface area contributed by atoms with Gasteiger partial charge in [-0.05, 0) is 108 Å². The molecule has 4 aliphatic rings. The Morgan fingerprint density at radius 2 is 1.59 bits per heavy atom. The number of Topliss-reactive ketones (excluding diaryl/α,β-unsaturated/α-hetero) is 3. The Balaban J connectivity index is 1.55. The second kappa shape index (κ2) is 23.9. The monoisotopic (exact) mass is 922 g/mol. The molecule has 1 aromatic carbocycles. The van der Waals surface area contributed by atoms with E-state index in [1.165, 1.54) is 21.1 Å². The number of amides is 1. The fourth-order valence-electron chi connectivity index (χ4n) is 10.5. The number of carbonyl (C=O) groups is 5. The number of benzene rings is 1. The highest BCUT2D eigenvalue weighted by Crippen LogP contribution is 2.39. The van der Waals surface area contributed by atoms with Gasteiger partial charge in [0.05, 0.1) is 24.4 Å². The predicted octanol–water partition coefficient (Wildman–Crippen LogP) is 5.96. The summed E-state index contributed by atoms with van der Waals surface area (Å²) in [5.41, 5.74) is 2.97. The molecule has 2 saturated heterocycles. The molecular weight excluding hydrogens is 847 g/mol. The second-order valence-electron chi connectivity index (χ2n) is 19.7. The van der Waals surface area contributed by atoms with Crippen molar-refractivity contribution in [1.29, 1.82) is 0 Å². The van der Waals surface area contributed by atoms with Crippen molar-refractivity contribution >= 4 is 35.3 Å². The van der Waals surface area contributed by atoms with Gasteiger partial charge in [-0.3, -0.25) is 19.2 Å². The molecule has 1 aromatic rings. The van der Waals surface area contributed by atoms with E-state index in [9.17, 15) is 44.4 Å². The molecule has 1 amide bonds. The van der Waals surface area contributed by atoms with Gasteiger partial charge < -0.3 is 44.3 Å². The molecule has 1 aliphatic carbocycles. The molecule has 14 nitrogen and oxygen atoms in total. The average molecular weight is 922 g/mol. The van der Waals surface area contributed by atoms with Gasteiger partial charge in [0.2, 0.25) is 5.79 Å². The fraction of sp³-hybridized carbons (Fsp3) is 0.673. The zero-order valence-electron chi connectivity index (χ0n) is 40.2. The maximum absolute atomic E-state index is 14.5. The van der Waals surface area contributed by atoms with Gasteiger partial charge in [-0.2, -0.15) is 0 Å². The Morgan fingerprint density at radius 1 is 0.909 bits per heavy atom. The zero-order chi connectivity index (χ0) is 48.5. The Hall–Kier alpha value is -3.89. The molecule has 2 bridgehead atoms. The molecular formula is C52H75NO13. The van der Waals surface area contributed by atoms with E-state index in [1.807, 2.05) is 50.3 Å². The van der Waals surface area contributed by atoms with Gasteiger partial charge in [0.1, 0.15) is 24.0 Å². The van der Waals surface area contributed by atoms with Crippen LogP contribution in [0.5, 0.6) is 0 Å². The molecule has 14 heteroatoms. The van der Waals surface area contributed by atoms with Crippen LogP contribution in [0.25, 0.3) is 6.08 Å². The van der Waals surface area contributed by atoms with Crippen molar-refractivity contribution in [3.05, 3.63) is 64.8 Å². The Labute approximate surface area is 390 Å². The molecule has 5 rings (SSSR count). The molecule has 3 aliphatic heterocycles. The highest BCUT2D eigenvalue weighted by Gasteiger charge is 2.56. The lowest BCUT2D eigenvalue weighted by molar-refractivity contribution is -0.302. The number of methoxy groups -OCH3 is 2. The molecule has 0 radical (unpaired) electrons. The van der Waals surface area contributed by atoms with Gasteiger partial charge in [0, 0.05) is 63.0 Å². The number of piperidine rings is 1. The number of allylic oxidation sites excluding steroid dienone is 4. The topological polar surface area (TPSA) is 206 Å². The second-order valence-corrected chi connectivity index (χ2v) is 19.7. The number of ketones is 3. The van der Waals surface area contributed by atoms with E-state index in [-0.39, 0.29) is 61.7 Å². The lowest BCUT2D eigenvalue weighted by atomic mass is 9.78. The fourth-order valence-corrected chi connectivity index (χ4v) is 10.5. The molecule has 14 atom stereocenters. The minimum atomic E-state index is -2.55. The van der Waals surface area contributed by atoms with Crippen LogP contribution in [0.2, 0.25) is 0 Å². The summed E-state index contributed by atoms with van der Waals surface area (Å²) in [6, 6.07) is 6.00. The van der Waals surface area contributed by atoms with Crippen LogP contribution in [0, 0.1) is 35.5 Å². The van der Waals surface area contributed by atoms with Crippen LogP contribution >= 0.6 is 0 Å². The standard InChI is InChI=1S/C52H75NO13/c1-30-22-31(2)24-45(63-7)48-46(64-8)26-33(4)52(62,66-48)49(59)50(60)53-21-10-9-14-41(53)51(61)65-47(32(3)25-37-17-20-42(56)40(27-37)29-54)34(5)43(57)28-44(58)39(23-30)13-11-12-36-15-18-38(19-16-36)35(6)55/h11-12,15-16,18-19,23,25,31,33-34,37,39-43,45-48,54,56-57,62H,9-10,13-14,17,20-22,24,26-29H2,1-8H3/b12-11+,30-23+,32-25+/t31-,33+,34+,37-,39+,40-,41?,42+,43-,45-,46-,47+,48+,52+/m0/s1. The number of hydrogen-bond acceptors (Lipinski definition) is 13. The Kier molecular flexibility index (Phi) is 19.2. The van der Waals surface area contributed by atoms with Crippen LogP contribution < -0.4 is 0 Å². The van der Waals surface area contributed by atoms with Crippen LogP contribution in [-0.2, 0) is 38.1 Å². The maximum atomic E-state index is 14.5. The third-order valence-electron chi connectivity index (χ3n) is 14.6. The Bertz CT molecular complexity index is 1940. The number of cyclic esters (lactones) is 1. The lowest BCUT2D eigenvalue weighted by Crippen LogP contribution is -2.64. The van der Waals surface area contributed by atoms with Crippen LogP contribution in [0.1, 0.15) is 128 Å². The summed E-state index contributed by atoms with van der Waals surface area (Å²) in [5, 5.41) is 44.6.